The van der Waals surface area contributed by atoms with Crippen LogP contribution in [0.2, 0.25) is 0 Å². The van der Waals surface area contributed by atoms with Crippen LogP contribution in [0.4, 0.5) is 4.79 Å². The molecule has 150 valence electrons. The minimum absolute atomic E-state index is 0.294. The van der Waals surface area contributed by atoms with Gasteiger partial charge < -0.3 is 4.74 Å². The number of carbonyl (C=O) groups is 3. The van der Waals surface area contributed by atoms with Gasteiger partial charge in [-0.15, -0.1) is 0 Å². The summed E-state index contributed by atoms with van der Waals surface area (Å²) >= 11 is 2.47. The Hall–Kier alpha value is -2.51. The van der Waals surface area contributed by atoms with Crippen LogP contribution in [0.15, 0.2) is 69.3 Å². The van der Waals surface area contributed by atoms with Crippen molar-refractivity contribution >= 4 is 46.7 Å². The molecule has 1 aliphatic heterocycles. The number of hydrogen-bond acceptors (Lipinski definition) is 6. The molecule has 2 aromatic rings. The summed E-state index contributed by atoms with van der Waals surface area (Å²) in [5, 5.41) is -0.469. The molecule has 0 N–H and O–H groups in total. The molecule has 29 heavy (non-hydrogen) atoms. The van der Waals surface area contributed by atoms with Crippen molar-refractivity contribution in [3.63, 3.8) is 0 Å². The fraction of sp³-hybridized carbons (Fsp3) is 0.227. The molecule has 0 radical (unpaired) electrons. The van der Waals surface area contributed by atoms with Crippen molar-refractivity contribution in [3.8, 4) is 0 Å². The van der Waals surface area contributed by atoms with E-state index in [1.54, 1.807) is 38.6 Å². The zero-order valence-electron chi connectivity index (χ0n) is 16.4. The monoisotopic (exact) mass is 427 g/mol. The van der Waals surface area contributed by atoms with Gasteiger partial charge >= 0.3 is 5.97 Å². The third-order valence-electron chi connectivity index (χ3n) is 3.74. The smallest absolute Gasteiger partial charge is 0.326 e. The van der Waals surface area contributed by atoms with Crippen LogP contribution in [-0.4, -0.2) is 34.2 Å². The first-order valence-corrected chi connectivity index (χ1v) is 10.6. The Labute approximate surface area is 178 Å². The molecule has 0 atom stereocenters. The van der Waals surface area contributed by atoms with Gasteiger partial charge in [0.05, 0.1) is 4.91 Å². The van der Waals surface area contributed by atoms with E-state index >= 15 is 0 Å². The molecule has 7 heteroatoms. The van der Waals surface area contributed by atoms with Crippen molar-refractivity contribution < 1.29 is 19.1 Å². The molecule has 0 saturated carbocycles. The normalized spacial score (nSPS) is 15.8. The highest BCUT2D eigenvalue weighted by Crippen LogP contribution is 2.33. The number of amides is 2. The van der Waals surface area contributed by atoms with Crippen LogP contribution in [-0.2, 0) is 14.3 Å². The van der Waals surface area contributed by atoms with E-state index in [1.165, 1.54) is 0 Å². The Morgan fingerprint density at radius 3 is 2.28 bits per heavy atom. The Morgan fingerprint density at radius 2 is 1.66 bits per heavy atom. The van der Waals surface area contributed by atoms with Crippen LogP contribution in [0, 0.1) is 0 Å². The molecule has 0 unspecified atom stereocenters. The summed E-state index contributed by atoms with van der Waals surface area (Å²) in [7, 11) is 0. The molecule has 1 fully saturated rings. The lowest BCUT2D eigenvalue weighted by Crippen LogP contribution is -2.37. The number of benzene rings is 2. The van der Waals surface area contributed by atoms with Crippen LogP contribution in [0.3, 0.4) is 0 Å². The summed E-state index contributed by atoms with van der Waals surface area (Å²) < 4.78 is 5.20. The molecule has 0 bridgehead atoms. The van der Waals surface area contributed by atoms with Crippen molar-refractivity contribution in [2.45, 2.75) is 36.2 Å². The highest BCUT2D eigenvalue weighted by molar-refractivity contribution is 8.18. The summed E-state index contributed by atoms with van der Waals surface area (Å²) in [5.41, 5.74) is 0.138. The van der Waals surface area contributed by atoms with Gasteiger partial charge in [-0.2, -0.15) is 0 Å². The van der Waals surface area contributed by atoms with Crippen LogP contribution in [0.25, 0.3) is 6.08 Å². The number of nitrogens with zero attached hydrogens (tertiary/aromatic N) is 1. The largest absolute Gasteiger partial charge is 0.459 e. The molecule has 3 rings (SSSR count). The summed E-state index contributed by atoms with van der Waals surface area (Å²) in [6, 6.07) is 17.8. The quantitative estimate of drug-likeness (QED) is 0.482. The van der Waals surface area contributed by atoms with Crippen molar-refractivity contribution in [3.05, 3.63) is 65.1 Å². The fourth-order valence-corrected chi connectivity index (χ4v) is 4.22. The second-order valence-corrected chi connectivity index (χ2v) is 9.48. The van der Waals surface area contributed by atoms with Gasteiger partial charge in [0.15, 0.2) is 0 Å². The molecule has 1 heterocycles. The summed E-state index contributed by atoms with van der Waals surface area (Å²) in [6.45, 7) is 4.82. The lowest BCUT2D eigenvalue weighted by molar-refractivity contribution is -0.156. The Kier molecular flexibility index (Phi) is 6.49. The minimum atomic E-state index is -0.672. The SMILES string of the molecule is CC(C)(C)OC(=O)CN1C(=O)SC(=Cc2ccc(Sc3ccccc3)cc2)C1=O. The van der Waals surface area contributed by atoms with Gasteiger partial charge in [0.25, 0.3) is 11.1 Å². The second-order valence-electron chi connectivity index (χ2n) is 7.34. The fourth-order valence-electron chi connectivity index (χ4n) is 2.55. The topological polar surface area (TPSA) is 63.7 Å². The van der Waals surface area contributed by atoms with E-state index < -0.39 is 22.7 Å². The molecule has 0 aliphatic carbocycles. The van der Waals surface area contributed by atoms with Crippen molar-refractivity contribution in [2.24, 2.45) is 0 Å². The summed E-state index contributed by atoms with van der Waals surface area (Å²) in [4.78, 5) is 40.1. The number of carbonyl (C=O) groups excluding carboxylic acids is 3. The molecular formula is C22H21NO4S2. The van der Waals surface area contributed by atoms with Crippen molar-refractivity contribution in [1.82, 2.24) is 4.90 Å². The highest BCUT2D eigenvalue weighted by atomic mass is 32.2. The van der Waals surface area contributed by atoms with Gasteiger partial charge in [-0.1, -0.05) is 42.1 Å². The van der Waals surface area contributed by atoms with Crippen LogP contribution in [0.5, 0.6) is 0 Å². The zero-order valence-corrected chi connectivity index (χ0v) is 18.0. The number of hydrogen-bond donors (Lipinski definition) is 0. The van der Waals surface area contributed by atoms with E-state index in [0.29, 0.717) is 4.91 Å². The average molecular weight is 428 g/mol. The van der Waals surface area contributed by atoms with Gasteiger partial charge in [0.1, 0.15) is 12.1 Å². The van der Waals surface area contributed by atoms with E-state index in [4.69, 9.17) is 4.74 Å². The molecule has 1 aliphatic rings. The number of rotatable bonds is 5. The molecule has 2 amide bonds. The summed E-state index contributed by atoms with van der Waals surface area (Å²) in [5.74, 6) is -1.09. The van der Waals surface area contributed by atoms with Gasteiger partial charge in [0.2, 0.25) is 0 Å². The van der Waals surface area contributed by atoms with E-state index in [1.807, 2.05) is 54.6 Å². The predicted octanol–water partition coefficient (Wildman–Crippen LogP) is 5.22. The summed E-state index contributed by atoms with van der Waals surface area (Å²) in [6.07, 6.45) is 1.66. The molecule has 5 nitrogen and oxygen atoms in total. The lowest BCUT2D eigenvalue weighted by Gasteiger charge is -2.21. The highest BCUT2D eigenvalue weighted by Gasteiger charge is 2.37. The molecule has 1 saturated heterocycles. The number of ether oxygens (including phenoxy) is 1. The maximum absolute atomic E-state index is 12.5. The molecular weight excluding hydrogens is 406 g/mol. The molecule has 0 spiro atoms. The standard InChI is InChI=1S/C22H21NO4S2/c1-22(2,3)27-19(24)14-23-20(25)18(29-21(23)26)13-15-9-11-17(12-10-15)28-16-7-5-4-6-8-16/h4-13H,14H2,1-3H3. The first kappa shape index (κ1) is 21.2. The van der Waals surface area contributed by atoms with Crippen LogP contribution >= 0.6 is 23.5 Å². The second kappa shape index (κ2) is 8.88. The Bertz CT molecular complexity index is 947. The Morgan fingerprint density at radius 1 is 1.03 bits per heavy atom. The lowest BCUT2D eigenvalue weighted by atomic mass is 10.2. The van der Waals surface area contributed by atoms with E-state index in [2.05, 4.69) is 0 Å². The number of thioether (sulfide) groups is 1. The molecule has 2 aromatic carbocycles. The van der Waals surface area contributed by atoms with Gasteiger partial charge in [-0.05, 0) is 68.4 Å². The predicted molar refractivity (Wildman–Crippen MR) is 116 cm³/mol. The number of imide groups is 1. The van der Waals surface area contributed by atoms with E-state index in [-0.39, 0.29) is 6.54 Å². The first-order valence-electron chi connectivity index (χ1n) is 9.01. The minimum Gasteiger partial charge on any atom is -0.459 e. The van der Waals surface area contributed by atoms with Gasteiger partial charge in [-0.3, -0.25) is 19.3 Å². The third kappa shape index (κ3) is 5.98. The average Bonchev–Trinajstić information content (AvgIpc) is 2.90. The van der Waals surface area contributed by atoms with Gasteiger partial charge in [0, 0.05) is 9.79 Å². The maximum atomic E-state index is 12.5. The number of esters is 1. The third-order valence-corrected chi connectivity index (χ3v) is 5.66. The maximum Gasteiger partial charge on any atom is 0.326 e. The zero-order chi connectivity index (χ0) is 21.0. The first-order chi connectivity index (χ1) is 13.7. The van der Waals surface area contributed by atoms with E-state index in [0.717, 1.165) is 32.0 Å². The van der Waals surface area contributed by atoms with Crippen LogP contribution in [0.1, 0.15) is 26.3 Å². The van der Waals surface area contributed by atoms with Crippen LogP contribution < -0.4 is 0 Å². The molecule has 0 aromatic heterocycles. The Balaban J connectivity index is 1.66. The van der Waals surface area contributed by atoms with E-state index in [9.17, 15) is 14.4 Å². The van der Waals surface area contributed by atoms with Gasteiger partial charge in [-0.25, -0.2) is 0 Å². The van der Waals surface area contributed by atoms with Crippen molar-refractivity contribution in [2.75, 3.05) is 6.54 Å². The van der Waals surface area contributed by atoms with Crippen molar-refractivity contribution in [1.29, 1.82) is 0 Å².